The van der Waals surface area contributed by atoms with Crippen LogP contribution in [-0.2, 0) is 11.3 Å². The minimum Gasteiger partial charge on any atom is -0.464 e. The summed E-state index contributed by atoms with van der Waals surface area (Å²) in [7, 11) is 1.33. The van der Waals surface area contributed by atoms with Crippen molar-refractivity contribution < 1.29 is 14.3 Å². The standard InChI is InChI=1S/C16H20N2O3S2/c1-3-4-5-8-18(15(19)13-7-6-9-22-13)10-14-17-12(11-23-14)16(20)21-2/h6-7,9,11H,3-5,8,10H2,1-2H3. The molecule has 0 aliphatic heterocycles. The highest BCUT2D eigenvalue weighted by Crippen LogP contribution is 2.18. The average Bonchev–Trinajstić information content (AvgIpc) is 3.24. The first kappa shape index (κ1) is 17.6. The summed E-state index contributed by atoms with van der Waals surface area (Å²) >= 11 is 2.81. The third-order valence-corrected chi connectivity index (χ3v) is 5.01. The molecule has 2 rings (SSSR count). The van der Waals surface area contributed by atoms with E-state index in [4.69, 9.17) is 0 Å². The molecule has 23 heavy (non-hydrogen) atoms. The maximum Gasteiger partial charge on any atom is 0.357 e. The third-order valence-electron chi connectivity index (χ3n) is 3.32. The molecule has 0 saturated carbocycles. The second-order valence-electron chi connectivity index (χ2n) is 5.03. The lowest BCUT2D eigenvalue weighted by Gasteiger charge is -2.21. The first-order valence-electron chi connectivity index (χ1n) is 7.51. The smallest absolute Gasteiger partial charge is 0.357 e. The zero-order chi connectivity index (χ0) is 16.7. The number of esters is 1. The number of unbranched alkanes of at least 4 members (excludes halogenated alkanes) is 2. The van der Waals surface area contributed by atoms with Gasteiger partial charge in [-0.25, -0.2) is 9.78 Å². The Balaban J connectivity index is 2.08. The summed E-state index contributed by atoms with van der Waals surface area (Å²) in [5.41, 5.74) is 0.296. The normalized spacial score (nSPS) is 10.5. The van der Waals surface area contributed by atoms with Gasteiger partial charge in [0, 0.05) is 11.9 Å². The number of carbonyl (C=O) groups excluding carboxylic acids is 2. The molecule has 0 bridgehead atoms. The molecule has 2 aromatic heterocycles. The van der Waals surface area contributed by atoms with Crippen molar-refractivity contribution in [2.75, 3.05) is 13.7 Å². The van der Waals surface area contributed by atoms with Crippen molar-refractivity contribution >= 4 is 34.6 Å². The zero-order valence-electron chi connectivity index (χ0n) is 13.3. The van der Waals surface area contributed by atoms with Crippen LogP contribution in [0.1, 0.15) is 51.4 Å². The second kappa shape index (κ2) is 8.79. The molecule has 0 atom stereocenters. The second-order valence-corrected chi connectivity index (χ2v) is 6.92. The van der Waals surface area contributed by atoms with Crippen molar-refractivity contribution in [3.63, 3.8) is 0 Å². The number of thiophene rings is 1. The Kier molecular flexibility index (Phi) is 6.73. The monoisotopic (exact) mass is 352 g/mol. The molecular weight excluding hydrogens is 332 g/mol. The van der Waals surface area contributed by atoms with Crippen LogP contribution in [0.5, 0.6) is 0 Å². The molecule has 0 saturated heterocycles. The van der Waals surface area contributed by atoms with E-state index in [1.54, 1.807) is 10.3 Å². The third kappa shape index (κ3) is 4.87. The van der Waals surface area contributed by atoms with E-state index in [0.717, 1.165) is 29.1 Å². The molecule has 2 heterocycles. The van der Waals surface area contributed by atoms with Crippen LogP contribution in [0.2, 0.25) is 0 Å². The first-order chi connectivity index (χ1) is 11.2. The Morgan fingerprint density at radius 3 is 2.78 bits per heavy atom. The molecule has 5 nitrogen and oxygen atoms in total. The summed E-state index contributed by atoms with van der Waals surface area (Å²) in [6.45, 7) is 3.24. The summed E-state index contributed by atoms with van der Waals surface area (Å²) in [5, 5.41) is 4.31. The fraction of sp³-hybridized carbons (Fsp3) is 0.438. The van der Waals surface area contributed by atoms with E-state index in [9.17, 15) is 9.59 Å². The van der Waals surface area contributed by atoms with Gasteiger partial charge in [-0.05, 0) is 17.9 Å². The number of rotatable bonds is 8. The minimum absolute atomic E-state index is 0.0194. The van der Waals surface area contributed by atoms with E-state index in [1.807, 2.05) is 17.5 Å². The number of carbonyl (C=O) groups is 2. The Labute approximate surface area is 143 Å². The Bertz CT molecular complexity index is 638. The molecule has 0 unspecified atom stereocenters. The lowest BCUT2D eigenvalue weighted by molar-refractivity contribution is 0.0594. The quantitative estimate of drug-likeness (QED) is 0.535. The van der Waals surface area contributed by atoms with E-state index in [1.165, 1.54) is 29.8 Å². The van der Waals surface area contributed by atoms with Gasteiger partial charge in [-0.3, -0.25) is 4.79 Å². The number of amides is 1. The molecule has 124 valence electrons. The van der Waals surface area contributed by atoms with Gasteiger partial charge in [0.2, 0.25) is 0 Å². The molecule has 0 spiro atoms. The molecule has 0 radical (unpaired) electrons. The van der Waals surface area contributed by atoms with Crippen LogP contribution in [0.25, 0.3) is 0 Å². The highest BCUT2D eigenvalue weighted by atomic mass is 32.1. The Morgan fingerprint density at radius 1 is 1.30 bits per heavy atom. The SMILES string of the molecule is CCCCCN(Cc1nc(C(=O)OC)cs1)C(=O)c1cccs1. The van der Waals surface area contributed by atoms with Crippen LogP contribution in [0.15, 0.2) is 22.9 Å². The number of thiazole rings is 1. The molecule has 0 aliphatic rings. The van der Waals surface area contributed by atoms with E-state index in [2.05, 4.69) is 16.6 Å². The van der Waals surface area contributed by atoms with Gasteiger partial charge in [-0.1, -0.05) is 25.8 Å². The average molecular weight is 352 g/mol. The molecule has 0 fully saturated rings. The fourth-order valence-electron chi connectivity index (χ4n) is 2.11. The maximum absolute atomic E-state index is 12.6. The van der Waals surface area contributed by atoms with Gasteiger partial charge in [0.05, 0.1) is 18.5 Å². The summed E-state index contributed by atoms with van der Waals surface area (Å²) in [6, 6.07) is 3.71. The molecule has 0 aliphatic carbocycles. The van der Waals surface area contributed by atoms with Crippen molar-refractivity contribution in [2.24, 2.45) is 0 Å². The molecule has 2 aromatic rings. The molecule has 7 heteroatoms. The lowest BCUT2D eigenvalue weighted by Crippen LogP contribution is -2.31. The van der Waals surface area contributed by atoms with Gasteiger partial charge < -0.3 is 9.64 Å². The summed E-state index contributed by atoms with van der Waals surface area (Å²) in [4.78, 5) is 30.9. The van der Waals surface area contributed by atoms with E-state index < -0.39 is 5.97 Å². The molecule has 0 N–H and O–H groups in total. The van der Waals surface area contributed by atoms with E-state index in [-0.39, 0.29) is 5.91 Å². The summed E-state index contributed by atoms with van der Waals surface area (Å²) < 4.78 is 4.67. The van der Waals surface area contributed by atoms with Gasteiger partial charge in [0.15, 0.2) is 5.69 Å². The topological polar surface area (TPSA) is 59.5 Å². The van der Waals surface area contributed by atoms with Crippen LogP contribution in [0.3, 0.4) is 0 Å². The summed E-state index contributed by atoms with van der Waals surface area (Å²) in [6.07, 6.45) is 3.15. The van der Waals surface area contributed by atoms with Crippen molar-refractivity contribution in [2.45, 2.75) is 32.7 Å². The first-order valence-corrected chi connectivity index (χ1v) is 9.27. The zero-order valence-corrected chi connectivity index (χ0v) is 14.9. The van der Waals surface area contributed by atoms with E-state index >= 15 is 0 Å². The number of hydrogen-bond donors (Lipinski definition) is 0. The maximum atomic E-state index is 12.6. The number of hydrogen-bond acceptors (Lipinski definition) is 6. The number of methoxy groups -OCH3 is 1. The van der Waals surface area contributed by atoms with Crippen molar-refractivity contribution in [3.05, 3.63) is 38.5 Å². The van der Waals surface area contributed by atoms with Crippen LogP contribution in [-0.4, -0.2) is 35.4 Å². The predicted molar refractivity (Wildman–Crippen MR) is 92.0 cm³/mol. The number of nitrogens with zero attached hydrogens (tertiary/aromatic N) is 2. The highest BCUT2D eigenvalue weighted by molar-refractivity contribution is 7.12. The van der Waals surface area contributed by atoms with Gasteiger partial charge in [0.25, 0.3) is 5.91 Å². The molecular formula is C16H20N2O3S2. The van der Waals surface area contributed by atoms with Crippen molar-refractivity contribution in [1.29, 1.82) is 0 Å². The van der Waals surface area contributed by atoms with Crippen molar-refractivity contribution in [3.8, 4) is 0 Å². The molecule has 0 aromatic carbocycles. The van der Waals surface area contributed by atoms with E-state index in [0.29, 0.717) is 18.8 Å². The van der Waals surface area contributed by atoms with Gasteiger partial charge in [-0.2, -0.15) is 0 Å². The Morgan fingerprint density at radius 2 is 2.13 bits per heavy atom. The van der Waals surface area contributed by atoms with Crippen LogP contribution in [0, 0.1) is 0 Å². The lowest BCUT2D eigenvalue weighted by atomic mass is 10.2. The fourth-order valence-corrected chi connectivity index (χ4v) is 3.58. The Hall–Kier alpha value is -1.73. The van der Waals surface area contributed by atoms with Gasteiger partial charge >= 0.3 is 5.97 Å². The predicted octanol–water partition coefficient (Wildman–Crippen LogP) is 3.82. The van der Waals surface area contributed by atoms with Crippen LogP contribution >= 0.6 is 22.7 Å². The van der Waals surface area contributed by atoms with Crippen LogP contribution in [0.4, 0.5) is 0 Å². The number of ether oxygens (including phenoxy) is 1. The minimum atomic E-state index is -0.449. The van der Waals surface area contributed by atoms with Crippen molar-refractivity contribution in [1.82, 2.24) is 9.88 Å². The number of aromatic nitrogens is 1. The van der Waals surface area contributed by atoms with Gasteiger partial charge in [0.1, 0.15) is 5.01 Å². The van der Waals surface area contributed by atoms with Crippen LogP contribution < -0.4 is 0 Å². The largest absolute Gasteiger partial charge is 0.464 e. The highest BCUT2D eigenvalue weighted by Gasteiger charge is 2.19. The summed E-state index contributed by atoms with van der Waals surface area (Å²) in [5.74, 6) is -0.430. The van der Waals surface area contributed by atoms with Gasteiger partial charge in [-0.15, -0.1) is 22.7 Å². The molecule has 1 amide bonds.